The summed E-state index contributed by atoms with van der Waals surface area (Å²) in [4.78, 5) is 26.2. The number of nitrogens with zero attached hydrogens (tertiary/aromatic N) is 1. The van der Waals surface area contributed by atoms with Gasteiger partial charge in [-0.3, -0.25) is 9.59 Å². The average molecular weight is 266 g/mol. The normalized spacial score (nSPS) is 23.8. The van der Waals surface area contributed by atoms with Crippen LogP contribution in [0.5, 0.6) is 0 Å². The summed E-state index contributed by atoms with van der Waals surface area (Å²) in [7, 11) is 0. The van der Waals surface area contributed by atoms with Gasteiger partial charge >= 0.3 is 0 Å². The Bertz CT molecular complexity index is 344. The second-order valence-electron chi connectivity index (χ2n) is 6.00. The molecule has 0 radical (unpaired) electrons. The number of amides is 2. The number of piperazine rings is 1. The maximum Gasteiger partial charge on any atom is 0.248 e. The highest BCUT2D eigenvalue weighted by Crippen LogP contribution is 2.29. The highest BCUT2D eigenvalue weighted by molar-refractivity contribution is 5.97. The summed E-state index contributed by atoms with van der Waals surface area (Å²) in [6.07, 6.45) is 7.65. The van der Waals surface area contributed by atoms with Gasteiger partial charge in [-0.05, 0) is 25.2 Å². The molecule has 0 atom stereocenters. The number of hydrogen-bond acceptors (Lipinski definition) is 2. The molecule has 4 nitrogen and oxygen atoms in total. The summed E-state index contributed by atoms with van der Waals surface area (Å²) < 4.78 is 0. The van der Waals surface area contributed by atoms with Crippen LogP contribution in [0.4, 0.5) is 0 Å². The number of nitrogens with one attached hydrogen (secondary N) is 1. The Morgan fingerprint density at radius 1 is 1.21 bits per heavy atom. The van der Waals surface area contributed by atoms with E-state index >= 15 is 0 Å². The first-order chi connectivity index (χ1) is 9.11. The Morgan fingerprint density at radius 3 is 2.42 bits per heavy atom. The topological polar surface area (TPSA) is 49.4 Å². The third-order valence-corrected chi connectivity index (χ3v) is 4.90. The van der Waals surface area contributed by atoms with Crippen LogP contribution in [0, 0.1) is 5.92 Å². The van der Waals surface area contributed by atoms with Crippen molar-refractivity contribution in [2.45, 2.75) is 64.3 Å². The lowest BCUT2D eigenvalue weighted by atomic mass is 9.88. The number of hydrogen-bond donors (Lipinski definition) is 1. The van der Waals surface area contributed by atoms with E-state index in [4.69, 9.17) is 0 Å². The van der Waals surface area contributed by atoms with Crippen molar-refractivity contribution in [3.05, 3.63) is 0 Å². The van der Waals surface area contributed by atoms with E-state index in [2.05, 4.69) is 5.32 Å². The molecular formula is C15H26N2O2. The molecule has 2 aliphatic rings. The largest absolute Gasteiger partial charge is 0.340 e. The van der Waals surface area contributed by atoms with E-state index in [1.165, 1.54) is 25.7 Å². The predicted octanol–water partition coefficient (Wildman–Crippen LogP) is 2.08. The van der Waals surface area contributed by atoms with Crippen LogP contribution in [0.25, 0.3) is 0 Å². The molecule has 0 bridgehead atoms. The van der Waals surface area contributed by atoms with E-state index in [0.29, 0.717) is 12.8 Å². The molecule has 1 saturated heterocycles. The van der Waals surface area contributed by atoms with Crippen LogP contribution in [-0.2, 0) is 9.59 Å². The van der Waals surface area contributed by atoms with Crippen LogP contribution in [-0.4, -0.2) is 35.3 Å². The standard InChI is InChI=1S/C15H26N2O2/c1-3-15(4-2)14(19)17(11-13(18)16-15)10-9-12-7-5-6-8-12/h12H,3-11H2,1-2H3,(H,16,18). The Hall–Kier alpha value is -1.06. The summed E-state index contributed by atoms with van der Waals surface area (Å²) in [6.45, 7) is 4.94. The lowest BCUT2D eigenvalue weighted by Gasteiger charge is -2.41. The minimum absolute atomic E-state index is 0.00489. The second kappa shape index (κ2) is 5.93. The van der Waals surface area contributed by atoms with Crippen LogP contribution in [0.15, 0.2) is 0 Å². The Labute approximate surface area is 115 Å². The molecular weight excluding hydrogens is 240 g/mol. The van der Waals surface area contributed by atoms with E-state index in [0.717, 1.165) is 18.9 Å². The van der Waals surface area contributed by atoms with Crippen LogP contribution < -0.4 is 5.32 Å². The van der Waals surface area contributed by atoms with Gasteiger partial charge in [-0.2, -0.15) is 0 Å². The van der Waals surface area contributed by atoms with E-state index in [9.17, 15) is 9.59 Å². The maximum atomic E-state index is 12.6. The molecule has 1 aliphatic heterocycles. The first-order valence-corrected chi connectivity index (χ1v) is 7.71. The molecule has 1 N–H and O–H groups in total. The van der Waals surface area contributed by atoms with Gasteiger partial charge in [0.05, 0.1) is 6.54 Å². The quantitative estimate of drug-likeness (QED) is 0.828. The van der Waals surface area contributed by atoms with Gasteiger partial charge in [0.2, 0.25) is 11.8 Å². The van der Waals surface area contributed by atoms with Crippen molar-refractivity contribution in [1.82, 2.24) is 10.2 Å². The monoisotopic (exact) mass is 266 g/mol. The zero-order valence-electron chi connectivity index (χ0n) is 12.2. The summed E-state index contributed by atoms with van der Waals surface area (Å²) in [5.41, 5.74) is -0.648. The number of carbonyl (C=O) groups is 2. The molecule has 0 spiro atoms. The molecule has 2 amide bonds. The smallest absolute Gasteiger partial charge is 0.248 e. The average Bonchev–Trinajstić information content (AvgIpc) is 2.92. The fraction of sp³-hybridized carbons (Fsp3) is 0.867. The van der Waals surface area contributed by atoms with Crippen molar-refractivity contribution in [2.75, 3.05) is 13.1 Å². The molecule has 19 heavy (non-hydrogen) atoms. The maximum absolute atomic E-state index is 12.6. The Morgan fingerprint density at radius 2 is 1.84 bits per heavy atom. The van der Waals surface area contributed by atoms with Gasteiger partial charge in [0.1, 0.15) is 5.54 Å². The second-order valence-corrected chi connectivity index (χ2v) is 6.00. The van der Waals surface area contributed by atoms with Gasteiger partial charge in [-0.1, -0.05) is 39.5 Å². The fourth-order valence-corrected chi connectivity index (χ4v) is 3.45. The minimum Gasteiger partial charge on any atom is -0.340 e. The third-order valence-electron chi connectivity index (χ3n) is 4.90. The molecule has 4 heteroatoms. The fourth-order valence-electron chi connectivity index (χ4n) is 3.45. The first-order valence-electron chi connectivity index (χ1n) is 7.71. The first kappa shape index (κ1) is 14.4. The molecule has 0 aromatic heterocycles. The van der Waals surface area contributed by atoms with Crippen molar-refractivity contribution in [3.8, 4) is 0 Å². The Balaban J connectivity index is 1.98. The number of rotatable bonds is 5. The predicted molar refractivity (Wildman–Crippen MR) is 74.6 cm³/mol. The molecule has 1 saturated carbocycles. The van der Waals surface area contributed by atoms with E-state index in [1.54, 1.807) is 4.90 Å². The van der Waals surface area contributed by atoms with Gasteiger partial charge in [0.25, 0.3) is 0 Å². The molecule has 1 aliphatic carbocycles. The van der Waals surface area contributed by atoms with Crippen molar-refractivity contribution < 1.29 is 9.59 Å². The lowest BCUT2D eigenvalue weighted by Crippen LogP contribution is -2.66. The van der Waals surface area contributed by atoms with Crippen molar-refractivity contribution in [2.24, 2.45) is 5.92 Å². The summed E-state index contributed by atoms with van der Waals surface area (Å²) in [6, 6.07) is 0. The highest BCUT2D eigenvalue weighted by Gasteiger charge is 2.43. The molecule has 0 aromatic rings. The van der Waals surface area contributed by atoms with Crippen LogP contribution in [0.1, 0.15) is 58.8 Å². The Kier molecular flexibility index (Phi) is 4.48. The lowest BCUT2D eigenvalue weighted by molar-refractivity contribution is -0.150. The zero-order chi connectivity index (χ0) is 13.9. The van der Waals surface area contributed by atoms with Gasteiger partial charge in [-0.15, -0.1) is 0 Å². The zero-order valence-corrected chi connectivity index (χ0v) is 12.2. The minimum atomic E-state index is -0.648. The van der Waals surface area contributed by atoms with Gasteiger partial charge in [0, 0.05) is 6.54 Å². The molecule has 1 heterocycles. The van der Waals surface area contributed by atoms with E-state index in [-0.39, 0.29) is 18.4 Å². The van der Waals surface area contributed by atoms with Gasteiger partial charge < -0.3 is 10.2 Å². The summed E-state index contributed by atoms with van der Waals surface area (Å²) in [5, 5.41) is 2.91. The van der Waals surface area contributed by atoms with Crippen LogP contribution >= 0.6 is 0 Å². The molecule has 2 rings (SSSR count). The van der Waals surface area contributed by atoms with Crippen molar-refractivity contribution in [3.63, 3.8) is 0 Å². The molecule has 2 fully saturated rings. The highest BCUT2D eigenvalue weighted by atomic mass is 16.2. The third kappa shape index (κ3) is 2.93. The summed E-state index contributed by atoms with van der Waals surface area (Å²) in [5.74, 6) is 0.875. The molecule has 0 aromatic carbocycles. The molecule has 108 valence electrons. The van der Waals surface area contributed by atoms with Crippen molar-refractivity contribution >= 4 is 11.8 Å². The van der Waals surface area contributed by atoms with Gasteiger partial charge in [0.15, 0.2) is 0 Å². The van der Waals surface area contributed by atoms with Crippen molar-refractivity contribution in [1.29, 1.82) is 0 Å². The van der Waals surface area contributed by atoms with Crippen LogP contribution in [0.3, 0.4) is 0 Å². The van der Waals surface area contributed by atoms with Crippen LogP contribution in [0.2, 0.25) is 0 Å². The summed E-state index contributed by atoms with van der Waals surface area (Å²) >= 11 is 0. The SMILES string of the molecule is CCC1(CC)NC(=O)CN(CCC2CCCC2)C1=O. The van der Waals surface area contributed by atoms with E-state index in [1.807, 2.05) is 13.8 Å². The van der Waals surface area contributed by atoms with Gasteiger partial charge in [-0.25, -0.2) is 0 Å². The van der Waals surface area contributed by atoms with E-state index < -0.39 is 5.54 Å². The number of carbonyl (C=O) groups excluding carboxylic acids is 2. The molecule has 0 unspecified atom stereocenters.